The van der Waals surface area contributed by atoms with Gasteiger partial charge in [0.15, 0.2) is 0 Å². The van der Waals surface area contributed by atoms with Crippen LogP contribution in [0.4, 0.5) is 0 Å². The van der Waals surface area contributed by atoms with E-state index in [0.717, 1.165) is 5.56 Å². The van der Waals surface area contributed by atoms with Crippen LogP contribution in [0.3, 0.4) is 0 Å². The Labute approximate surface area is 134 Å². The molecular formula is C17H27NO3S. The fourth-order valence-electron chi connectivity index (χ4n) is 2.78. The normalized spacial score (nSPS) is 14.9. The smallest absolute Gasteiger partial charge is 0.241 e. The van der Waals surface area contributed by atoms with Gasteiger partial charge in [-0.15, -0.1) is 6.58 Å². The molecule has 2 N–H and O–H groups in total. The molecule has 0 fully saturated rings. The summed E-state index contributed by atoms with van der Waals surface area (Å²) >= 11 is 0. The topological polar surface area (TPSA) is 66.4 Å². The van der Waals surface area contributed by atoms with Gasteiger partial charge in [-0.3, -0.25) is 0 Å². The Kier molecular flexibility index (Phi) is 6.35. The molecule has 0 radical (unpaired) electrons. The zero-order valence-electron chi connectivity index (χ0n) is 14.1. The molecule has 22 heavy (non-hydrogen) atoms. The van der Waals surface area contributed by atoms with Crippen LogP contribution < -0.4 is 4.72 Å². The van der Waals surface area contributed by atoms with Crippen molar-refractivity contribution in [3.63, 3.8) is 0 Å². The van der Waals surface area contributed by atoms with E-state index in [9.17, 15) is 13.5 Å². The van der Waals surface area contributed by atoms with E-state index in [1.165, 1.54) is 6.08 Å². The van der Waals surface area contributed by atoms with Gasteiger partial charge in [-0.1, -0.05) is 37.6 Å². The molecule has 4 nitrogen and oxygen atoms in total. The maximum absolute atomic E-state index is 12.7. The molecule has 124 valence electrons. The average molecular weight is 325 g/mol. The van der Waals surface area contributed by atoms with Crippen molar-refractivity contribution in [2.24, 2.45) is 5.92 Å². The lowest BCUT2D eigenvalue weighted by atomic mass is 10.0. The molecule has 0 bridgehead atoms. The van der Waals surface area contributed by atoms with Crippen LogP contribution in [0.25, 0.3) is 0 Å². The number of hydrogen-bond donors (Lipinski definition) is 2. The van der Waals surface area contributed by atoms with Gasteiger partial charge in [0.25, 0.3) is 0 Å². The van der Waals surface area contributed by atoms with Crippen molar-refractivity contribution in [3.8, 4) is 0 Å². The summed E-state index contributed by atoms with van der Waals surface area (Å²) in [4.78, 5) is 0.295. The van der Waals surface area contributed by atoms with Crippen molar-refractivity contribution >= 4 is 10.0 Å². The Morgan fingerprint density at radius 1 is 1.23 bits per heavy atom. The summed E-state index contributed by atoms with van der Waals surface area (Å²) in [6, 6.07) is 3.12. The second-order valence-electron chi connectivity index (χ2n) is 6.31. The minimum atomic E-state index is -3.70. The van der Waals surface area contributed by atoms with E-state index in [-0.39, 0.29) is 5.92 Å². The predicted octanol–water partition coefficient (Wildman–Crippen LogP) is 2.85. The predicted molar refractivity (Wildman–Crippen MR) is 90.4 cm³/mol. The molecule has 0 saturated heterocycles. The van der Waals surface area contributed by atoms with Gasteiger partial charge in [-0.05, 0) is 44.2 Å². The third-order valence-corrected chi connectivity index (χ3v) is 5.35. The van der Waals surface area contributed by atoms with Crippen LogP contribution in [0.15, 0.2) is 29.7 Å². The number of aliphatic hydroxyl groups is 1. The van der Waals surface area contributed by atoms with Gasteiger partial charge in [0, 0.05) is 0 Å². The highest BCUT2D eigenvalue weighted by Crippen LogP contribution is 2.23. The highest BCUT2D eigenvalue weighted by atomic mass is 32.2. The standard InChI is InChI=1S/C17H27NO3S/c1-7-16(19)15(8-11(2)3)18-22(20,21)17-13(5)9-12(4)10-14(17)6/h7,9-11,15-16,18-19H,1,8H2,2-6H3/t15-,16-/m0/s1. The van der Waals surface area contributed by atoms with E-state index < -0.39 is 22.2 Å². The van der Waals surface area contributed by atoms with Gasteiger partial charge in [0.05, 0.1) is 17.0 Å². The molecule has 0 heterocycles. The summed E-state index contributed by atoms with van der Waals surface area (Å²) in [7, 11) is -3.70. The molecule has 1 rings (SSSR count). The fourth-order valence-corrected chi connectivity index (χ4v) is 4.50. The second-order valence-corrected chi connectivity index (χ2v) is 7.96. The zero-order chi connectivity index (χ0) is 17.1. The number of aliphatic hydroxyl groups excluding tert-OH is 1. The maximum atomic E-state index is 12.7. The van der Waals surface area contributed by atoms with E-state index in [1.54, 1.807) is 13.8 Å². The molecule has 2 atom stereocenters. The highest BCUT2D eigenvalue weighted by molar-refractivity contribution is 7.89. The molecule has 1 aromatic carbocycles. The molecular weight excluding hydrogens is 298 g/mol. The van der Waals surface area contributed by atoms with Crippen LogP contribution in [-0.2, 0) is 10.0 Å². The van der Waals surface area contributed by atoms with Crippen molar-refractivity contribution in [1.29, 1.82) is 0 Å². The average Bonchev–Trinajstić information content (AvgIpc) is 2.34. The Morgan fingerprint density at radius 3 is 2.14 bits per heavy atom. The first-order valence-corrected chi connectivity index (χ1v) is 8.97. The van der Waals surface area contributed by atoms with E-state index in [1.807, 2.05) is 32.9 Å². The first-order valence-electron chi connectivity index (χ1n) is 7.49. The summed E-state index contributed by atoms with van der Waals surface area (Å²) in [5.74, 6) is 0.252. The summed E-state index contributed by atoms with van der Waals surface area (Å²) in [6.07, 6.45) is 0.990. The number of aryl methyl sites for hydroxylation is 3. The van der Waals surface area contributed by atoms with Gasteiger partial charge >= 0.3 is 0 Å². The van der Waals surface area contributed by atoms with Gasteiger partial charge in [0.1, 0.15) is 0 Å². The molecule has 0 saturated carbocycles. The van der Waals surface area contributed by atoms with Gasteiger partial charge in [-0.25, -0.2) is 13.1 Å². The zero-order valence-corrected chi connectivity index (χ0v) is 14.9. The molecule has 1 aromatic rings. The Hall–Kier alpha value is -1.17. The Morgan fingerprint density at radius 2 is 1.73 bits per heavy atom. The van der Waals surface area contributed by atoms with E-state index in [2.05, 4.69) is 11.3 Å². The maximum Gasteiger partial charge on any atom is 0.241 e. The van der Waals surface area contributed by atoms with Crippen molar-refractivity contribution in [2.75, 3.05) is 0 Å². The van der Waals surface area contributed by atoms with Crippen LogP contribution in [-0.4, -0.2) is 25.7 Å². The lowest BCUT2D eigenvalue weighted by molar-refractivity contribution is 0.170. The molecule has 0 aliphatic rings. The van der Waals surface area contributed by atoms with Crippen molar-refractivity contribution in [1.82, 2.24) is 4.72 Å². The molecule has 0 amide bonds. The molecule has 0 aliphatic carbocycles. The molecule has 0 aliphatic heterocycles. The van der Waals surface area contributed by atoms with E-state index >= 15 is 0 Å². The van der Waals surface area contributed by atoms with Crippen molar-refractivity contribution < 1.29 is 13.5 Å². The van der Waals surface area contributed by atoms with Crippen LogP contribution in [0.2, 0.25) is 0 Å². The van der Waals surface area contributed by atoms with Crippen LogP contribution in [0.1, 0.15) is 37.0 Å². The number of benzene rings is 1. The molecule has 0 unspecified atom stereocenters. The Bertz CT molecular complexity index is 612. The van der Waals surface area contributed by atoms with E-state index in [4.69, 9.17) is 0 Å². The minimum Gasteiger partial charge on any atom is -0.387 e. The first kappa shape index (κ1) is 18.9. The number of rotatable bonds is 7. The lowest BCUT2D eigenvalue weighted by Crippen LogP contribution is -2.43. The number of hydrogen-bond acceptors (Lipinski definition) is 3. The first-order chi connectivity index (χ1) is 10.1. The third kappa shape index (κ3) is 4.66. The lowest BCUT2D eigenvalue weighted by Gasteiger charge is -2.24. The van der Waals surface area contributed by atoms with Crippen LogP contribution >= 0.6 is 0 Å². The summed E-state index contributed by atoms with van der Waals surface area (Å²) in [5, 5.41) is 10.0. The largest absolute Gasteiger partial charge is 0.387 e. The number of nitrogens with one attached hydrogen (secondary N) is 1. The quantitative estimate of drug-likeness (QED) is 0.758. The van der Waals surface area contributed by atoms with Gasteiger partial charge < -0.3 is 5.11 Å². The monoisotopic (exact) mass is 325 g/mol. The molecule has 0 spiro atoms. The summed E-state index contributed by atoms with van der Waals surface area (Å²) in [6.45, 7) is 13.0. The highest BCUT2D eigenvalue weighted by Gasteiger charge is 2.27. The van der Waals surface area contributed by atoms with Gasteiger partial charge in [0.2, 0.25) is 10.0 Å². The van der Waals surface area contributed by atoms with Crippen molar-refractivity contribution in [2.45, 2.75) is 58.1 Å². The van der Waals surface area contributed by atoms with Gasteiger partial charge in [-0.2, -0.15) is 0 Å². The summed E-state index contributed by atoms with van der Waals surface area (Å²) in [5.41, 5.74) is 2.45. The SMILES string of the molecule is C=C[C@H](O)[C@H](CC(C)C)NS(=O)(=O)c1c(C)cc(C)cc1C. The Balaban J connectivity index is 3.20. The van der Waals surface area contributed by atoms with E-state index in [0.29, 0.717) is 22.4 Å². The third-order valence-electron chi connectivity index (χ3n) is 3.56. The molecule has 5 heteroatoms. The van der Waals surface area contributed by atoms with Crippen LogP contribution in [0.5, 0.6) is 0 Å². The van der Waals surface area contributed by atoms with Crippen molar-refractivity contribution in [3.05, 3.63) is 41.5 Å². The minimum absolute atomic E-state index is 0.252. The fraction of sp³-hybridized carbons (Fsp3) is 0.529. The van der Waals surface area contributed by atoms with Crippen LogP contribution in [0, 0.1) is 26.7 Å². The summed E-state index contributed by atoms with van der Waals surface area (Å²) < 4.78 is 28.1. The second kappa shape index (κ2) is 7.40. The number of sulfonamides is 1. The molecule has 0 aromatic heterocycles.